The predicted molar refractivity (Wildman–Crippen MR) is 114 cm³/mol. The van der Waals surface area contributed by atoms with Crippen LogP contribution in [0.25, 0.3) is 10.2 Å². The van der Waals surface area contributed by atoms with Crippen LogP contribution in [0, 0.1) is 5.92 Å². The Morgan fingerprint density at radius 1 is 1.34 bits per heavy atom. The second-order valence-electron chi connectivity index (χ2n) is 8.57. The first kappa shape index (κ1) is 20.5. The number of carbonyl (C=O) groups is 1. The van der Waals surface area contributed by atoms with E-state index in [4.69, 9.17) is 0 Å². The van der Waals surface area contributed by atoms with E-state index in [9.17, 15) is 18.0 Å². The Bertz CT molecular complexity index is 1100. The van der Waals surface area contributed by atoms with Crippen LogP contribution in [0.15, 0.2) is 11.1 Å². The molecule has 0 N–H and O–H groups in total. The Labute approximate surface area is 174 Å². The lowest BCUT2D eigenvalue weighted by Crippen LogP contribution is -2.45. The zero-order valence-corrected chi connectivity index (χ0v) is 18.5. The van der Waals surface area contributed by atoms with Gasteiger partial charge in [-0.25, -0.2) is 13.4 Å². The molecule has 0 spiro atoms. The molecule has 7 nitrogen and oxygen atoms in total. The van der Waals surface area contributed by atoms with Gasteiger partial charge in [0.1, 0.15) is 11.4 Å². The maximum atomic E-state index is 13.1. The molecule has 1 amide bonds. The van der Waals surface area contributed by atoms with Crippen LogP contribution >= 0.6 is 11.3 Å². The average molecular weight is 438 g/mol. The number of carbonyl (C=O) groups excluding carboxylic acids is 1. The Morgan fingerprint density at radius 3 is 2.79 bits per heavy atom. The molecule has 1 aliphatic heterocycles. The van der Waals surface area contributed by atoms with E-state index in [2.05, 4.69) is 4.98 Å². The van der Waals surface area contributed by atoms with Gasteiger partial charge >= 0.3 is 0 Å². The highest BCUT2D eigenvalue weighted by Crippen LogP contribution is 2.33. The number of aromatic nitrogens is 2. The molecule has 1 saturated heterocycles. The van der Waals surface area contributed by atoms with Gasteiger partial charge in [0.15, 0.2) is 9.84 Å². The number of thiophene rings is 1. The summed E-state index contributed by atoms with van der Waals surface area (Å²) in [6, 6.07) is -0.309. The average Bonchev–Trinajstić information content (AvgIpc) is 3.21. The van der Waals surface area contributed by atoms with Crippen molar-refractivity contribution in [1.29, 1.82) is 0 Å². The lowest BCUT2D eigenvalue weighted by molar-refractivity contribution is -0.134. The molecule has 4 rings (SSSR count). The molecular weight excluding hydrogens is 410 g/mol. The van der Waals surface area contributed by atoms with Crippen LogP contribution in [0.2, 0.25) is 0 Å². The number of hydrogen-bond acceptors (Lipinski definition) is 6. The molecule has 29 heavy (non-hydrogen) atoms. The summed E-state index contributed by atoms with van der Waals surface area (Å²) >= 11 is 1.59. The predicted octanol–water partition coefficient (Wildman–Crippen LogP) is 2.01. The Kier molecular flexibility index (Phi) is 5.54. The summed E-state index contributed by atoms with van der Waals surface area (Å²) in [5.74, 6) is 0.126. The first-order valence-corrected chi connectivity index (χ1v) is 12.9. The van der Waals surface area contributed by atoms with Crippen molar-refractivity contribution in [3.63, 3.8) is 0 Å². The molecule has 1 unspecified atom stereocenters. The minimum absolute atomic E-state index is 0.00961. The standard InChI is InChI=1S/C20H27N3O4S2/c1-13(2)9-23(14-7-8-29(26,27)11-14)17(24)10-22-12-21-19-18(20(22)25)15-5-3-4-6-16(15)28-19/h12-14H,3-11H2,1-2H3. The van der Waals surface area contributed by atoms with E-state index in [0.717, 1.165) is 36.1 Å². The molecule has 2 aliphatic rings. The fourth-order valence-corrected chi connectivity index (χ4v) is 7.35. The van der Waals surface area contributed by atoms with Crippen molar-refractivity contribution in [1.82, 2.24) is 14.5 Å². The van der Waals surface area contributed by atoms with E-state index < -0.39 is 9.84 Å². The molecule has 158 valence electrons. The molecule has 1 aliphatic carbocycles. The molecule has 3 heterocycles. The zero-order valence-electron chi connectivity index (χ0n) is 16.9. The van der Waals surface area contributed by atoms with Crippen LogP contribution in [-0.2, 0) is 34.0 Å². The molecule has 1 fully saturated rings. The summed E-state index contributed by atoms with van der Waals surface area (Å²) in [7, 11) is -3.10. The quantitative estimate of drug-likeness (QED) is 0.714. The third-order valence-electron chi connectivity index (χ3n) is 5.78. The topological polar surface area (TPSA) is 89.3 Å². The molecule has 0 bridgehead atoms. The Morgan fingerprint density at radius 2 is 2.10 bits per heavy atom. The lowest BCUT2D eigenvalue weighted by atomic mass is 9.97. The van der Waals surface area contributed by atoms with Crippen molar-refractivity contribution in [3.8, 4) is 0 Å². The fourth-order valence-electron chi connectivity index (χ4n) is 4.40. The van der Waals surface area contributed by atoms with Crippen molar-refractivity contribution >= 4 is 37.3 Å². The number of aryl methyl sites for hydroxylation is 2. The molecular formula is C20H27N3O4S2. The number of fused-ring (bicyclic) bond motifs is 3. The fraction of sp³-hybridized carbons (Fsp3) is 0.650. The van der Waals surface area contributed by atoms with Gasteiger partial charge in [-0.15, -0.1) is 11.3 Å². The number of hydrogen-bond donors (Lipinski definition) is 0. The zero-order chi connectivity index (χ0) is 20.8. The van der Waals surface area contributed by atoms with Crippen molar-refractivity contribution in [2.24, 2.45) is 5.92 Å². The first-order valence-electron chi connectivity index (χ1n) is 10.2. The Balaban J connectivity index is 1.63. The second-order valence-corrected chi connectivity index (χ2v) is 11.9. The van der Waals surface area contributed by atoms with Gasteiger partial charge in [0.2, 0.25) is 5.91 Å². The maximum absolute atomic E-state index is 13.1. The van der Waals surface area contributed by atoms with Gasteiger partial charge in [-0.05, 0) is 43.6 Å². The second kappa shape index (κ2) is 7.83. The summed E-state index contributed by atoms with van der Waals surface area (Å²) in [6.07, 6.45) is 6.02. The van der Waals surface area contributed by atoms with Gasteiger partial charge in [-0.2, -0.15) is 0 Å². The molecule has 1 atom stereocenters. The highest BCUT2D eigenvalue weighted by Gasteiger charge is 2.35. The van der Waals surface area contributed by atoms with Crippen LogP contribution in [0.3, 0.4) is 0 Å². The van der Waals surface area contributed by atoms with Crippen LogP contribution in [0.4, 0.5) is 0 Å². The number of amides is 1. The highest BCUT2D eigenvalue weighted by atomic mass is 32.2. The van der Waals surface area contributed by atoms with E-state index in [1.54, 1.807) is 16.2 Å². The summed E-state index contributed by atoms with van der Waals surface area (Å²) < 4.78 is 25.2. The molecule has 0 saturated carbocycles. The normalized spacial score (nSPS) is 20.9. The Hall–Kier alpha value is -1.74. The van der Waals surface area contributed by atoms with E-state index >= 15 is 0 Å². The SMILES string of the molecule is CC(C)CN(C(=O)Cn1cnc2sc3c(c2c1=O)CCCC3)C1CCS(=O)(=O)C1. The van der Waals surface area contributed by atoms with Gasteiger partial charge < -0.3 is 4.90 Å². The summed E-state index contributed by atoms with van der Waals surface area (Å²) in [5, 5.41) is 0.666. The molecule has 9 heteroatoms. The summed E-state index contributed by atoms with van der Waals surface area (Å²) in [5.41, 5.74) is 0.947. The van der Waals surface area contributed by atoms with Crippen molar-refractivity contribution < 1.29 is 13.2 Å². The van der Waals surface area contributed by atoms with Crippen LogP contribution in [0.5, 0.6) is 0 Å². The number of sulfone groups is 1. The minimum atomic E-state index is -3.10. The van der Waals surface area contributed by atoms with Crippen LogP contribution in [0.1, 0.15) is 43.6 Å². The van der Waals surface area contributed by atoms with Gasteiger partial charge in [-0.1, -0.05) is 13.8 Å². The molecule has 0 radical (unpaired) electrons. The lowest BCUT2D eigenvalue weighted by Gasteiger charge is -2.30. The monoisotopic (exact) mass is 437 g/mol. The van der Waals surface area contributed by atoms with E-state index in [1.165, 1.54) is 15.8 Å². The molecule has 2 aromatic heterocycles. The van der Waals surface area contributed by atoms with Crippen molar-refractivity contribution in [2.45, 2.75) is 58.5 Å². The van der Waals surface area contributed by atoms with Crippen molar-refractivity contribution in [2.75, 3.05) is 18.1 Å². The number of rotatable bonds is 5. The maximum Gasteiger partial charge on any atom is 0.262 e. The van der Waals surface area contributed by atoms with Crippen LogP contribution in [-0.4, -0.2) is 52.9 Å². The first-order chi connectivity index (χ1) is 13.7. The summed E-state index contributed by atoms with van der Waals surface area (Å²) in [4.78, 5) is 34.4. The van der Waals surface area contributed by atoms with Gasteiger partial charge in [0, 0.05) is 17.5 Å². The molecule has 2 aromatic rings. The van der Waals surface area contributed by atoms with Gasteiger partial charge in [-0.3, -0.25) is 14.2 Å². The summed E-state index contributed by atoms with van der Waals surface area (Å²) in [6.45, 7) is 4.38. The highest BCUT2D eigenvalue weighted by molar-refractivity contribution is 7.91. The van der Waals surface area contributed by atoms with Gasteiger partial charge in [0.25, 0.3) is 5.56 Å². The van der Waals surface area contributed by atoms with E-state index in [-0.39, 0.29) is 41.5 Å². The van der Waals surface area contributed by atoms with E-state index in [0.29, 0.717) is 18.4 Å². The van der Waals surface area contributed by atoms with Gasteiger partial charge in [0.05, 0.1) is 23.2 Å². The van der Waals surface area contributed by atoms with Crippen LogP contribution < -0.4 is 5.56 Å². The third-order valence-corrected chi connectivity index (χ3v) is 8.73. The molecule has 0 aromatic carbocycles. The minimum Gasteiger partial charge on any atom is -0.337 e. The largest absolute Gasteiger partial charge is 0.337 e. The number of nitrogens with zero attached hydrogens (tertiary/aromatic N) is 3. The smallest absolute Gasteiger partial charge is 0.262 e. The van der Waals surface area contributed by atoms with Crippen molar-refractivity contribution in [3.05, 3.63) is 27.1 Å². The van der Waals surface area contributed by atoms with E-state index in [1.807, 2.05) is 13.8 Å². The third kappa shape index (κ3) is 4.12.